The predicted octanol–water partition coefficient (Wildman–Crippen LogP) is 1.19. The van der Waals surface area contributed by atoms with Gasteiger partial charge in [0.15, 0.2) is 10.1 Å². The van der Waals surface area contributed by atoms with Crippen molar-refractivity contribution in [1.29, 1.82) is 0 Å². The second-order valence-corrected chi connectivity index (χ2v) is 4.04. The van der Waals surface area contributed by atoms with Gasteiger partial charge in [0.25, 0.3) is 0 Å². The van der Waals surface area contributed by atoms with E-state index < -0.39 is 34.3 Å². The predicted molar refractivity (Wildman–Crippen MR) is 40.7 cm³/mol. The summed E-state index contributed by atoms with van der Waals surface area (Å²) in [4.78, 5) is 0. The minimum absolute atomic E-state index is 0.0196. The van der Waals surface area contributed by atoms with E-state index in [4.69, 9.17) is 0 Å². The Balaban J connectivity index is 4.71. The summed E-state index contributed by atoms with van der Waals surface area (Å²) in [6.07, 6.45) is -1.53. The van der Waals surface area contributed by atoms with E-state index >= 15 is 0 Å². The van der Waals surface area contributed by atoms with Crippen LogP contribution in [-0.4, -0.2) is 37.4 Å². The Hall–Kier alpha value is -0.410. The summed E-state index contributed by atoms with van der Waals surface area (Å²) in [6.45, 7) is 0.709. The molecule has 0 spiro atoms. The van der Waals surface area contributed by atoms with E-state index in [2.05, 4.69) is 4.74 Å². The van der Waals surface area contributed by atoms with Crippen LogP contribution in [0.2, 0.25) is 0 Å². The van der Waals surface area contributed by atoms with Crippen molar-refractivity contribution in [2.75, 3.05) is 13.2 Å². The molecule has 0 unspecified atom stereocenters. The number of rotatable bonds is 6. The molecular weight excluding hydrogens is 244 g/mol. The first kappa shape index (κ1) is 14.6. The Bertz CT molecular complexity index is 300. The Morgan fingerprint density at radius 3 is 2.07 bits per heavy atom. The lowest BCUT2D eigenvalue weighted by Crippen LogP contribution is -2.47. The van der Waals surface area contributed by atoms with Gasteiger partial charge >= 0.3 is 11.2 Å². The molecule has 4 nitrogen and oxygen atoms in total. The molecule has 0 saturated heterocycles. The summed E-state index contributed by atoms with van der Waals surface area (Å²) in [7, 11) is -6.39. The van der Waals surface area contributed by atoms with Crippen LogP contribution in [0, 0.1) is 0 Å². The average molecular weight is 253 g/mol. The van der Waals surface area contributed by atoms with Crippen LogP contribution in [0.5, 0.6) is 0 Å². The number of hydrogen-bond donors (Lipinski definition) is 0. The van der Waals surface area contributed by atoms with E-state index in [1.54, 1.807) is 0 Å². The van der Waals surface area contributed by atoms with E-state index in [1.807, 2.05) is 0 Å². The van der Waals surface area contributed by atoms with Crippen LogP contribution < -0.4 is 0 Å². The van der Waals surface area contributed by atoms with Gasteiger partial charge in [-0.2, -0.15) is 17.6 Å². The Labute approximate surface area is 84.0 Å². The van der Waals surface area contributed by atoms with E-state index in [1.165, 1.54) is 6.92 Å². The van der Waals surface area contributed by atoms with Crippen LogP contribution in [0.4, 0.5) is 17.6 Å². The highest BCUT2D eigenvalue weighted by molar-refractivity contribution is 7.86. The molecule has 15 heavy (non-hydrogen) atoms. The standard InChI is InChI=1S/C6H10F4O4S/c1-2-14-4-3-5(7,8)6(9,10)15(11,12)13/h2-4H2,1H3,(H,11,12,13)/p-1. The molecule has 92 valence electrons. The zero-order valence-corrected chi connectivity index (χ0v) is 8.49. The highest BCUT2D eigenvalue weighted by Crippen LogP contribution is 2.40. The van der Waals surface area contributed by atoms with Gasteiger partial charge in [-0.3, -0.25) is 0 Å². The molecule has 0 aliphatic carbocycles. The van der Waals surface area contributed by atoms with Crippen molar-refractivity contribution < 1.29 is 35.3 Å². The van der Waals surface area contributed by atoms with Gasteiger partial charge in [0, 0.05) is 13.0 Å². The van der Waals surface area contributed by atoms with Crippen molar-refractivity contribution in [3.8, 4) is 0 Å². The summed E-state index contributed by atoms with van der Waals surface area (Å²) in [5.74, 6) is -4.93. The highest BCUT2D eigenvalue weighted by atomic mass is 32.2. The Kier molecular flexibility index (Phi) is 4.49. The third-order valence-electron chi connectivity index (χ3n) is 1.50. The lowest BCUT2D eigenvalue weighted by atomic mass is 10.2. The van der Waals surface area contributed by atoms with Gasteiger partial charge < -0.3 is 9.29 Å². The monoisotopic (exact) mass is 253 g/mol. The smallest absolute Gasteiger partial charge is 0.396 e. The van der Waals surface area contributed by atoms with Crippen molar-refractivity contribution in [2.24, 2.45) is 0 Å². The molecule has 0 aromatic carbocycles. The largest absolute Gasteiger partial charge is 0.743 e. The van der Waals surface area contributed by atoms with Crippen LogP contribution in [0.3, 0.4) is 0 Å². The van der Waals surface area contributed by atoms with Crippen LogP contribution in [-0.2, 0) is 14.9 Å². The average Bonchev–Trinajstić information content (AvgIpc) is 2.02. The maximum Gasteiger partial charge on any atom is 0.396 e. The number of hydrogen-bond acceptors (Lipinski definition) is 4. The number of alkyl halides is 4. The molecule has 0 saturated carbocycles. The van der Waals surface area contributed by atoms with Crippen LogP contribution >= 0.6 is 0 Å². The topological polar surface area (TPSA) is 66.4 Å². The van der Waals surface area contributed by atoms with Gasteiger partial charge in [-0.05, 0) is 6.92 Å². The molecule has 0 rings (SSSR count). The lowest BCUT2D eigenvalue weighted by molar-refractivity contribution is -0.170. The molecule has 0 N–H and O–H groups in total. The van der Waals surface area contributed by atoms with Crippen molar-refractivity contribution in [3.05, 3.63) is 0 Å². The van der Waals surface area contributed by atoms with Gasteiger partial charge in [0.05, 0.1) is 6.61 Å². The second-order valence-electron chi connectivity index (χ2n) is 2.62. The Morgan fingerprint density at radius 2 is 1.73 bits per heavy atom. The van der Waals surface area contributed by atoms with Gasteiger partial charge in [-0.15, -0.1) is 0 Å². The maximum absolute atomic E-state index is 12.6. The van der Waals surface area contributed by atoms with Crippen LogP contribution in [0.25, 0.3) is 0 Å². The summed E-state index contributed by atoms with van der Waals surface area (Å²) < 4.78 is 84.2. The molecule has 0 aromatic heterocycles. The minimum Gasteiger partial charge on any atom is -0.743 e. The van der Waals surface area contributed by atoms with Crippen molar-refractivity contribution >= 4 is 10.1 Å². The third kappa shape index (κ3) is 3.28. The van der Waals surface area contributed by atoms with E-state index in [9.17, 15) is 30.5 Å². The highest BCUT2D eigenvalue weighted by Gasteiger charge is 2.61. The zero-order valence-electron chi connectivity index (χ0n) is 7.67. The van der Waals surface area contributed by atoms with E-state index in [-0.39, 0.29) is 6.61 Å². The molecule has 0 aliphatic rings. The van der Waals surface area contributed by atoms with Crippen LogP contribution in [0.1, 0.15) is 13.3 Å². The van der Waals surface area contributed by atoms with Gasteiger partial charge in [-0.25, -0.2) is 8.42 Å². The van der Waals surface area contributed by atoms with Crippen molar-refractivity contribution in [1.82, 2.24) is 0 Å². The van der Waals surface area contributed by atoms with E-state index in [0.717, 1.165) is 0 Å². The first-order valence-corrected chi connectivity index (χ1v) is 5.26. The Morgan fingerprint density at radius 1 is 1.27 bits per heavy atom. The fourth-order valence-electron chi connectivity index (χ4n) is 0.673. The molecule has 0 atom stereocenters. The first-order valence-electron chi connectivity index (χ1n) is 3.85. The van der Waals surface area contributed by atoms with E-state index in [0.29, 0.717) is 0 Å². The zero-order chi connectivity index (χ0) is 12.3. The SMILES string of the molecule is CCOCCC(F)(F)C(F)(F)S(=O)(=O)[O-]. The van der Waals surface area contributed by atoms with Crippen molar-refractivity contribution in [2.45, 2.75) is 24.5 Å². The fraction of sp³-hybridized carbons (Fsp3) is 1.00. The third-order valence-corrected chi connectivity index (χ3v) is 2.43. The molecule has 9 heteroatoms. The molecule has 0 aromatic rings. The summed E-state index contributed by atoms with van der Waals surface area (Å²) in [6, 6.07) is 0. The maximum atomic E-state index is 12.6. The van der Waals surface area contributed by atoms with Gasteiger partial charge in [-0.1, -0.05) is 0 Å². The van der Waals surface area contributed by atoms with Gasteiger partial charge in [0.1, 0.15) is 0 Å². The van der Waals surface area contributed by atoms with Gasteiger partial charge in [0.2, 0.25) is 0 Å². The quantitative estimate of drug-likeness (QED) is 0.405. The van der Waals surface area contributed by atoms with Crippen LogP contribution in [0.15, 0.2) is 0 Å². The normalized spacial score (nSPS) is 14.3. The molecule has 0 aliphatic heterocycles. The molecule has 0 radical (unpaired) electrons. The molecule has 0 bridgehead atoms. The summed E-state index contributed by atoms with van der Waals surface area (Å²) >= 11 is 0. The second kappa shape index (κ2) is 4.62. The van der Waals surface area contributed by atoms with Crippen molar-refractivity contribution in [3.63, 3.8) is 0 Å². The summed E-state index contributed by atoms with van der Waals surface area (Å²) in [5.41, 5.74) is 0. The molecule has 0 fully saturated rings. The fourth-order valence-corrected chi connectivity index (χ4v) is 1.14. The first-order chi connectivity index (χ1) is 6.56. The number of halogens is 4. The minimum atomic E-state index is -6.39. The molecule has 0 amide bonds. The number of ether oxygens (including phenoxy) is 1. The lowest BCUT2D eigenvalue weighted by Gasteiger charge is -2.28. The summed E-state index contributed by atoms with van der Waals surface area (Å²) in [5, 5.41) is -5.61. The molecule has 0 heterocycles. The molecular formula is C6H9F4O4S-.